The van der Waals surface area contributed by atoms with Crippen molar-refractivity contribution in [3.63, 3.8) is 0 Å². The molecule has 0 saturated heterocycles. The van der Waals surface area contributed by atoms with Gasteiger partial charge in [-0.25, -0.2) is 5.48 Å². The van der Waals surface area contributed by atoms with E-state index in [2.05, 4.69) is 4.28 Å². The number of hydroxylamine groups is 1. The lowest BCUT2D eigenvalue weighted by Gasteiger charge is -2.10. The van der Waals surface area contributed by atoms with E-state index in [1.807, 2.05) is 5.48 Å². The Morgan fingerprint density at radius 3 is 2.28 bits per heavy atom. The number of hydrogen-bond acceptors (Lipinski definition) is 5. The smallest absolute Gasteiger partial charge is 0.298 e. The summed E-state index contributed by atoms with van der Waals surface area (Å²) in [5, 5.41) is 1.11. The van der Waals surface area contributed by atoms with Gasteiger partial charge >= 0.3 is 10.1 Å². The summed E-state index contributed by atoms with van der Waals surface area (Å²) < 4.78 is 28.8. The Morgan fingerprint density at radius 1 is 0.920 bits per heavy atom. The quantitative estimate of drug-likeness (QED) is 0.561. The van der Waals surface area contributed by atoms with Gasteiger partial charge < -0.3 is 0 Å². The third-order valence-corrected chi connectivity index (χ3v) is 4.74. The van der Waals surface area contributed by atoms with Crippen LogP contribution in [0, 0.1) is 0 Å². The van der Waals surface area contributed by atoms with Crippen LogP contribution < -0.4 is 5.48 Å². The minimum absolute atomic E-state index is 0.0817. The number of fused-ring (bicyclic) bond motifs is 1. The topological polar surface area (TPSA) is 89.5 Å². The van der Waals surface area contributed by atoms with Crippen LogP contribution in [0.25, 0.3) is 10.8 Å². The van der Waals surface area contributed by atoms with Crippen molar-refractivity contribution in [2.24, 2.45) is 0 Å². The summed E-state index contributed by atoms with van der Waals surface area (Å²) in [5.41, 5.74) is 2.41. The molecule has 0 aromatic heterocycles. The monoisotopic (exact) mass is 355 g/mol. The number of nitrogens with one attached hydrogen (secondary N) is 1. The predicted octanol–water partition coefficient (Wildman–Crippen LogP) is 2.70. The fourth-order valence-electron chi connectivity index (χ4n) is 2.44. The van der Waals surface area contributed by atoms with Crippen molar-refractivity contribution in [3.05, 3.63) is 77.9 Å². The summed E-state index contributed by atoms with van der Waals surface area (Å²) in [7, 11) is -4.13. The highest BCUT2D eigenvalue weighted by molar-refractivity contribution is 7.86. The van der Waals surface area contributed by atoms with Gasteiger partial charge in [-0.2, -0.15) is 8.42 Å². The Balaban J connectivity index is 1.90. The summed E-state index contributed by atoms with van der Waals surface area (Å²) in [6, 6.07) is 17.3. The molecule has 25 heavy (non-hydrogen) atoms. The second kappa shape index (κ2) is 6.84. The zero-order valence-electron chi connectivity index (χ0n) is 12.9. The summed E-state index contributed by atoms with van der Waals surface area (Å²) in [6.07, 6.45) is 0.640. The second-order valence-electron chi connectivity index (χ2n) is 5.15. The average molecular weight is 355 g/mol. The molecule has 0 fully saturated rings. The van der Waals surface area contributed by atoms with Crippen molar-refractivity contribution in [3.8, 4) is 0 Å². The van der Waals surface area contributed by atoms with Crippen molar-refractivity contribution < 1.29 is 22.3 Å². The third-order valence-electron chi connectivity index (χ3n) is 3.58. The molecule has 7 heteroatoms. The largest absolute Gasteiger partial charge is 0.317 e. The molecule has 0 saturated carbocycles. The zero-order chi connectivity index (χ0) is 17.9. The molecule has 126 valence electrons. The zero-order valence-corrected chi connectivity index (χ0v) is 13.7. The van der Waals surface area contributed by atoms with Gasteiger partial charge in [0.15, 0.2) is 6.29 Å². The van der Waals surface area contributed by atoms with Crippen LogP contribution in [-0.4, -0.2) is 20.6 Å². The van der Waals surface area contributed by atoms with Gasteiger partial charge in [-0.3, -0.25) is 9.59 Å². The summed E-state index contributed by atoms with van der Waals surface area (Å²) in [4.78, 5) is 23.5. The SMILES string of the molecule is O=Cc1cccc2cccc(C(=O)NOS(=O)(=O)c3ccccc3)c12. The van der Waals surface area contributed by atoms with E-state index < -0.39 is 16.0 Å². The van der Waals surface area contributed by atoms with E-state index in [0.29, 0.717) is 22.6 Å². The maximum Gasteiger partial charge on any atom is 0.317 e. The fraction of sp³-hybridized carbons (Fsp3) is 0. The van der Waals surface area contributed by atoms with Gasteiger partial charge in [0.2, 0.25) is 0 Å². The van der Waals surface area contributed by atoms with Crippen molar-refractivity contribution in [2.45, 2.75) is 4.90 Å². The summed E-state index contributed by atoms with van der Waals surface area (Å²) >= 11 is 0. The molecule has 6 nitrogen and oxygen atoms in total. The molecule has 0 bridgehead atoms. The molecule has 0 aliphatic heterocycles. The van der Waals surface area contributed by atoms with Crippen LogP contribution in [0.3, 0.4) is 0 Å². The van der Waals surface area contributed by atoms with Crippen LogP contribution in [0.1, 0.15) is 20.7 Å². The molecule has 0 radical (unpaired) electrons. The van der Waals surface area contributed by atoms with Crippen LogP contribution in [0.15, 0.2) is 71.6 Å². The minimum Gasteiger partial charge on any atom is -0.298 e. The van der Waals surface area contributed by atoms with Crippen LogP contribution in [0.5, 0.6) is 0 Å². The Hall–Kier alpha value is -3.03. The number of aldehydes is 1. The molecular weight excluding hydrogens is 342 g/mol. The van der Waals surface area contributed by atoms with Crippen molar-refractivity contribution >= 4 is 33.1 Å². The van der Waals surface area contributed by atoms with E-state index >= 15 is 0 Å². The predicted molar refractivity (Wildman–Crippen MR) is 91.5 cm³/mol. The Bertz CT molecular complexity index is 1040. The van der Waals surface area contributed by atoms with E-state index in [1.165, 1.54) is 18.2 Å². The lowest BCUT2D eigenvalue weighted by molar-refractivity contribution is 0.0772. The number of hydrogen-bond donors (Lipinski definition) is 1. The normalized spacial score (nSPS) is 11.2. The highest BCUT2D eigenvalue weighted by atomic mass is 32.2. The van der Waals surface area contributed by atoms with Gasteiger partial charge in [0.25, 0.3) is 5.91 Å². The van der Waals surface area contributed by atoms with E-state index in [1.54, 1.807) is 48.5 Å². The van der Waals surface area contributed by atoms with Crippen molar-refractivity contribution in [1.82, 2.24) is 5.48 Å². The summed E-state index contributed by atoms with van der Waals surface area (Å²) in [5.74, 6) is -0.764. The number of carbonyl (C=O) groups is 2. The molecule has 0 unspecified atom stereocenters. The van der Waals surface area contributed by atoms with Gasteiger partial charge in [0.05, 0.1) is 10.5 Å². The molecule has 3 rings (SSSR count). The van der Waals surface area contributed by atoms with Crippen LogP contribution in [0.4, 0.5) is 0 Å². The van der Waals surface area contributed by atoms with Crippen LogP contribution >= 0.6 is 0 Å². The molecule has 0 atom stereocenters. The molecule has 0 aliphatic rings. The number of rotatable bonds is 5. The second-order valence-corrected chi connectivity index (χ2v) is 6.70. The molecule has 1 N–H and O–H groups in total. The van der Waals surface area contributed by atoms with Gasteiger partial charge in [0, 0.05) is 10.9 Å². The molecule has 3 aromatic rings. The Morgan fingerprint density at radius 2 is 1.60 bits per heavy atom. The maximum atomic E-state index is 12.4. The number of amides is 1. The van der Waals surface area contributed by atoms with Crippen molar-refractivity contribution in [2.75, 3.05) is 0 Å². The molecule has 3 aromatic carbocycles. The van der Waals surface area contributed by atoms with E-state index in [-0.39, 0.29) is 10.5 Å². The van der Waals surface area contributed by atoms with Crippen LogP contribution in [0.2, 0.25) is 0 Å². The minimum atomic E-state index is -4.13. The lowest BCUT2D eigenvalue weighted by Crippen LogP contribution is -2.27. The average Bonchev–Trinajstić information content (AvgIpc) is 2.66. The van der Waals surface area contributed by atoms with E-state index in [0.717, 1.165) is 0 Å². The standard InChI is InChI=1S/C18H13NO5S/c20-12-14-8-4-6-13-7-5-11-16(17(13)14)18(21)19-24-25(22,23)15-9-2-1-3-10-15/h1-12H,(H,19,21). The third kappa shape index (κ3) is 3.42. The Kier molecular flexibility index (Phi) is 4.60. The van der Waals surface area contributed by atoms with Gasteiger partial charge in [-0.15, -0.1) is 4.28 Å². The van der Waals surface area contributed by atoms with Gasteiger partial charge in [0.1, 0.15) is 0 Å². The molecule has 1 amide bonds. The number of carbonyl (C=O) groups excluding carboxylic acids is 2. The first-order valence-corrected chi connectivity index (χ1v) is 8.69. The molecule has 0 heterocycles. The lowest BCUT2D eigenvalue weighted by atomic mass is 9.99. The highest BCUT2D eigenvalue weighted by Crippen LogP contribution is 2.22. The van der Waals surface area contributed by atoms with Crippen LogP contribution in [-0.2, 0) is 14.4 Å². The number of benzene rings is 3. The van der Waals surface area contributed by atoms with Crippen molar-refractivity contribution in [1.29, 1.82) is 0 Å². The molecule has 0 aliphatic carbocycles. The molecular formula is C18H13NO5S. The van der Waals surface area contributed by atoms with Gasteiger partial charge in [-0.1, -0.05) is 48.5 Å². The first-order chi connectivity index (χ1) is 12.0. The Labute approximate surface area is 144 Å². The first-order valence-electron chi connectivity index (χ1n) is 7.29. The first kappa shape index (κ1) is 16.8. The fourth-order valence-corrected chi connectivity index (χ4v) is 3.21. The maximum absolute atomic E-state index is 12.4. The van der Waals surface area contributed by atoms with E-state index in [9.17, 15) is 18.0 Å². The summed E-state index contributed by atoms with van der Waals surface area (Å²) in [6.45, 7) is 0. The van der Waals surface area contributed by atoms with Gasteiger partial charge in [-0.05, 0) is 23.6 Å². The highest BCUT2D eigenvalue weighted by Gasteiger charge is 2.19. The molecule has 0 spiro atoms. The van der Waals surface area contributed by atoms with E-state index in [4.69, 9.17) is 0 Å².